The normalized spacial score (nSPS) is 24.1. The fourth-order valence-electron chi connectivity index (χ4n) is 1.63. The van der Waals surface area contributed by atoms with E-state index >= 15 is 0 Å². The molecule has 1 fully saturated rings. The van der Waals surface area contributed by atoms with Gasteiger partial charge in [-0.2, -0.15) is 0 Å². The molecule has 17 heavy (non-hydrogen) atoms. The molecule has 2 heterocycles. The van der Waals surface area contributed by atoms with Crippen LogP contribution in [0.25, 0.3) is 0 Å². The zero-order valence-corrected chi connectivity index (χ0v) is 10.2. The van der Waals surface area contributed by atoms with E-state index in [4.69, 9.17) is 15.6 Å². The van der Waals surface area contributed by atoms with Crippen LogP contribution in [0.15, 0.2) is 5.16 Å². The quantitative estimate of drug-likeness (QED) is 0.739. The number of carbonyl (C=O) groups is 1. The fourth-order valence-corrected chi connectivity index (χ4v) is 2.60. The third-order valence-corrected chi connectivity index (χ3v) is 3.80. The Labute approximate surface area is 102 Å². The second-order valence-corrected chi connectivity index (χ2v) is 4.86. The first kappa shape index (κ1) is 12.2. The van der Waals surface area contributed by atoms with Gasteiger partial charge < -0.3 is 15.6 Å². The van der Waals surface area contributed by atoms with E-state index in [1.165, 1.54) is 11.8 Å². The molecule has 0 aromatic carbocycles. The van der Waals surface area contributed by atoms with E-state index in [1.807, 2.05) is 0 Å². The van der Waals surface area contributed by atoms with Crippen molar-refractivity contribution in [2.75, 3.05) is 11.5 Å². The van der Waals surface area contributed by atoms with Crippen molar-refractivity contribution in [2.24, 2.45) is 7.05 Å². The molecule has 1 aromatic heterocycles. The molecule has 94 valence electrons. The molecule has 1 aliphatic heterocycles. The van der Waals surface area contributed by atoms with Crippen LogP contribution >= 0.6 is 11.8 Å². The van der Waals surface area contributed by atoms with Crippen molar-refractivity contribution in [3.05, 3.63) is 0 Å². The number of nitrogens with zero attached hydrogens (tertiary/aromatic N) is 3. The Kier molecular flexibility index (Phi) is 3.53. The summed E-state index contributed by atoms with van der Waals surface area (Å²) in [5.74, 6) is 0.138. The average molecular weight is 258 g/mol. The molecule has 2 rings (SSSR count). The van der Waals surface area contributed by atoms with Gasteiger partial charge in [0.1, 0.15) is 0 Å². The summed E-state index contributed by atoms with van der Waals surface area (Å²) in [5, 5.41) is 17.2. The maximum absolute atomic E-state index is 10.7. The molecule has 1 aromatic rings. The molecule has 1 aliphatic rings. The molecular formula is C9H14N4O3S. The molecule has 0 saturated carbocycles. The molecule has 3 N–H and O–H groups in total. The lowest BCUT2D eigenvalue weighted by Gasteiger charge is -2.10. The van der Waals surface area contributed by atoms with Gasteiger partial charge in [0.05, 0.1) is 6.10 Å². The first-order valence-corrected chi connectivity index (χ1v) is 6.22. The van der Waals surface area contributed by atoms with Crippen LogP contribution in [0.2, 0.25) is 0 Å². The summed E-state index contributed by atoms with van der Waals surface area (Å²) < 4.78 is 7.07. The van der Waals surface area contributed by atoms with Crippen LogP contribution in [-0.2, 0) is 16.6 Å². The van der Waals surface area contributed by atoms with Crippen molar-refractivity contribution < 1.29 is 14.6 Å². The van der Waals surface area contributed by atoms with Crippen molar-refractivity contribution in [1.29, 1.82) is 0 Å². The lowest BCUT2D eigenvalue weighted by Crippen LogP contribution is -2.21. The monoisotopic (exact) mass is 258 g/mol. The van der Waals surface area contributed by atoms with E-state index in [0.29, 0.717) is 23.3 Å². The number of carboxylic acids is 1. The number of aromatic nitrogens is 3. The molecule has 2 atom stereocenters. The van der Waals surface area contributed by atoms with E-state index in [0.717, 1.165) is 6.42 Å². The number of thioether (sulfide) groups is 1. The number of nitrogen functional groups attached to an aromatic ring is 1. The Bertz CT molecular complexity index is 422. The molecule has 7 nitrogen and oxygen atoms in total. The number of nitrogens with two attached hydrogens (primary N) is 1. The third-order valence-electron chi connectivity index (χ3n) is 2.65. The van der Waals surface area contributed by atoms with Gasteiger partial charge in [-0.1, -0.05) is 11.8 Å². The minimum atomic E-state index is -0.889. The Morgan fingerprint density at radius 1 is 1.65 bits per heavy atom. The summed E-state index contributed by atoms with van der Waals surface area (Å²) in [6, 6.07) is 0. The van der Waals surface area contributed by atoms with Gasteiger partial charge >= 0.3 is 5.97 Å². The predicted octanol–water partition coefficient (Wildman–Crippen LogP) is 0.122. The summed E-state index contributed by atoms with van der Waals surface area (Å²) >= 11 is 1.47. The number of carboxylic acid groups (broad SMARTS) is 1. The Morgan fingerprint density at radius 3 is 2.94 bits per heavy atom. The van der Waals surface area contributed by atoms with Crippen LogP contribution in [0.3, 0.4) is 0 Å². The highest BCUT2D eigenvalue weighted by Gasteiger charge is 2.30. The predicted molar refractivity (Wildman–Crippen MR) is 61.7 cm³/mol. The Balaban J connectivity index is 1.84. The summed E-state index contributed by atoms with van der Waals surface area (Å²) in [6.07, 6.45) is 0.628. The summed E-state index contributed by atoms with van der Waals surface area (Å²) in [7, 11) is 1.78. The molecule has 2 unspecified atom stereocenters. The third kappa shape index (κ3) is 2.70. The molecule has 0 spiro atoms. The summed E-state index contributed by atoms with van der Waals surface area (Å²) in [4.78, 5) is 10.7. The van der Waals surface area contributed by atoms with Crippen LogP contribution in [0.4, 0.5) is 5.95 Å². The zero-order chi connectivity index (χ0) is 12.4. The van der Waals surface area contributed by atoms with Crippen LogP contribution < -0.4 is 5.73 Å². The van der Waals surface area contributed by atoms with Crippen molar-refractivity contribution in [3.8, 4) is 0 Å². The average Bonchev–Trinajstić information content (AvgIpc) is 2.86. The highest BCUT2D eigenvalue weighted by Crippen LogP contribution is 2.26. The molecular weight excluding hydrogens is 244 g/mol. The largest absolute Gasteiger partial charge is 0.479 e. The first-order valence-electron chi connectivity index (χ1n) is 5.24. The molecule has 0 amide bonds. The van der Waals surface area contributed by atoms with Crippen LogP contribution in [0.5, 0.6) is 0 Å². The second-order valence-electron chi connectivity index (χ2n) is 3.87. The van der Waals surface area contributed by atoms with Crippen LogP contribution in [-0.4, -0.2) is 43.8 Å². The Morgan fingerprint density at radius 2 is 2.41 bits per heavy atom. The van der Waals surface area contributed by atoms with Crippen molar-refractivity contribution in [1.82, 2.24) is 14.8 Å². The van der Waals surface area contributed by atoms with Crippen LogP contribution in [0.1, 0.15) is 12.8 Å². The van der Waals surface area contributed by atoms with Crippen molar-refractivity contribution >= 4 is 23.7 Å². The van der Waals surface area contributed by atoms with E-state index < -0.39 is 12.1 Å². The summed E-state index contributed by atoms with van der Waals surface area (Å²) in [5.41, 5.74) is 5.55. The van der Waals surface area contributed by atoms with Gasteiger partial charge in [-0.05, 0) is 12.8 Å². The number of ether oxygens (including phenoxy) is 1. The topological polar surface area (TPSA) is 103 Å². The van der Waals surface area contributed by atoms with Gasteiger partial charge in [-0.25, -0.2) is 4.79 Å². The highest BCUT2D eigenvalue weighted by molar-refractivity contribution is 7.99. The highest BCUT2D eigenvalue weighted by atomic mass is 32.2. The zero-order valence-electron chi connectivity index (χ0n) is 9.37. The maximum atomic E-state index is 10.7. The van der Waals surface area contributed by atoms with Crippen molar-refractivity contribution in [3.63, 3.8) is 0 Å². The minimum Gasteiger partial charge on any atom is -0.479 e. The summed E-state index contributed by atoms with van der Waals surface area (Å²) in [6.45, 7) is 0. The van der Waals surface area contributed by atoms with E-state index in [-0.39, 0.29) is 6.10 Å². The minimum absolute atomic E-state index is 0.0426. The molecule has 0 aliphatic carbocycles. The van der Waals surface area contributed by atoms with E-state index in [1.54, 1.807) is 11.6 Å². The van der Waals surface area contributed by atoms with E-state index in [9.17, 15) is 4.79 Å². The SMILES string of the molecule is Cn1c(N)nnc1SCC1CCC(C(=O)O)O1. The lowest BCUT2D eigenvalue weighted by atomic mass is 10.2. The molecule has 0 radical (unpaired) electrons. The standard InChI is InChI=1S/C9H14N4O3S/c1-13-8(10)11-12-9(13)17-4-5-2-3-6(16-5)7(14)15/h5-6H,2-4H2,1H3,(H2,10,11)(H,14,15). The van der Waals surface area contributed by atoms with Gasteiger partial charge in [0.2, 0.25) is 5.95 Å². The number of rotatable bonds is 4. The van der Waals surface area contributed by atoms with Gasteiger partial charge in [0, 0.05) is 12.8 Å². The molecule has 8 heteroatoms. The molecule has 0 bridgehead atoms. The van der Waals surface area contributed by atoms with E-state index in [2.05, 4.69) is 10.2 Å². The van der Waals surface area contributed by atoms with Gasteiger partial charge in [-0.3, -0.25) is 4.57 Å². The number of aliphatic carboxylic acids is 1. The second kappa shape index (κ2) is 4.92. The van der Waals surface area contributed by atoms with Crippen LogP contribution in [0, 0.1) is 0 Å². The number of anilines is 1. The Hall–Kier alpha value is -1.28. The smallest absolute Gasteiger partial charge is 0.332 e. The maximum Gasteiger partial charge on any atom is 0.332 e. The van der Waals surface area contributed by atoms with Gasteiger partial charge in [0.25, 0.3) is 0 Å². The van der Waals surface area contributed by atoms with Gasteiger partial charge in [-0.15, -0.1) is 10.2 Å². The number of hydrogen-bond acceptors (Lipinski definition) is 6. The fraction of sp³-hybridized carbons (Fsp3) is 0.667. The lowest BCUT2D eigenvalue weighted by molar-refractivity contribution is -0.148. The van der Waals surface area contributed by atoms with Crippen molar-refractivity contribution in [2.45, 2.75) is 30.2 Å². The number of hydrogen-bond donors (Lipinski definition) is 2. The molecule has 1 saturated heterocycles. The first-order chi connectivity index (χ1) is 8.08. The van der Waals surface area contributed by atoms with Gasteiger partial charge in [0.15, 0.2) is 11.3 Å².